The number of aromatic nitrogens is 2. The number of aromatic amines is 1. The van der Waals surface area contributed by atoms with Gasteiger partial charge in [0.25, 0.3) is 0 Å². The van der Waals surface area contributed by atoms with Crippen LogP contribution in [0, 0.1) is 0 Å². The molecule has 0 bridgehead atoms. The van der Waals surface area contributed by atoms with Gasteiger partial charge in [-0.05, 0) is 73.6 Å². The van der Waals surface area contributed by atoms with Crippen LogP contribution in [0.15, 0.2) is 73.1 Å². The highest BCUT2D eigenvalue weighted by molar-refractivity contribution is 5.83. The normalized spacial score (nSPS) is 11.7. The van der Waals surface area contributed by atoms with Crippen molar-refractivity contribution in [1.29, 1.82) is 0 Å². The number of rotatable bonds is 9. The van der Waals surface area contributed by atoms with Crippen molar-refractivity contribution in [2.24, 2.45) is 0 Å². The molecule has 3 N–H and O–H groups in total. The maximum absolute atomic E-state index is 10.7. The minimum Gasteiger partial charge on any atom is -0.384 e. The van der Waals surface area contributed by atoms with Crippen LogP contribution in [0.25, 0.3) is 10.9 Å². The number of para-hydroxylation sites is 1. The SMILES string of the molecule is CCC(O)(CC)c1cc(Nc2ccc(CCCc3c[nH]c4ccccc34)cc2)ccn1. The summed E-state index contributed by atoms with van der Waals surface area (Å²) < 4.78 is 0. The van der Waals surface area contributed by atoms with Crippen molar-refractivity contribution in [3.05, 3.63) is 89.9 Å². The number of aryl methyl sites for hydroxylation is 2. The van der Waals surface area contributed by atoms with E-state index in [1.807, 2.05) is 26.0 Å². The van der Waals surface area contributed by atoms with Gasteiger partial charge in [0, 0.05) is 34.7 Å². The van der Waals surface area contributed by atoms with Crippen LogP contribution in [0.2, 0.25) is 0 Å². The van der Waals surface area contributed by atoms with E-state index >= 15 is 0 Å². The van der Waals surface area contributed by atoms with Crippen LogP contribution >= 0.6 is 0 Å². The average molecular weight is 414 g/mol. The lowest BCUT2D eigenvalue weighted by Gasteiger charge is -2.25. The highest BCUT2D eigenvalue weighted by atomic mass is 16.3. The number of nitrogens with one attached hydrogen (secondary N) is 2. The standard InChI is InChI=1S/C27H31N3O/c1-3-27(31,4-2)26-18-23(16-17-28-26)30-22-14-12-20(13-15-22)8-7-9-21-19-29-25-11-6-5-10-24(21)25/h5-6,10-19,29,31H,3-4,7-9H2,1-2H3,(H,28,30). The third-order valence-corrected chi connectivity index (χ3v) is 6.24. The second-order valence-corrected chi connectivity index (χ2v) is 8.20. The summed E-state index contributed by atoms with van der Waals surface area (Å²) >= 11 is 0. The second-order valence-electron chi connectivity index (χ2n) is 8.20. The zero-order valence-corrected chi connectivity index (χ0v) is 18.4. The first kappa shape index (κ1) is 21.1. The van der Waals surface area contributed by atoms with E-state index in [9.17, 15) is 5.11 Å². The molecule has 0 saturated carbocycles. The number of hydrogen-bond acceptors (Lipinski definition) is 3. The van der Waals surface area contributed by atoms with Crippen LogP contribution in [-0.2, 0) is 18.4 Å². The van der Waals surface area contributed by atoms with Crippen LogP contribution in [0.3, 0.4) is 0 Å². The first-order valence-corrected chi connectivity index (χ1v) is 11.2. The number of pyridine rings is 1. The fourth-order valence-electron chi connectivity index (χ4n) is 4.12. The summed E-state index contributed by atoms with van der Waals surface area (Å²) in [7, 11) is 0. The Kier molecular flexibility index (Phi) is 6.38. The Balaban J connectivity index is 1.35. The number of H-pyrrole nitrogens is 1. The Hall–Kier alpha value is -3.11. The predicted molar refractivity (Wildman–Crippen MR) is 129 cm³/mol. The van der Waals surface area contributed by atoms with E-state index in [2.05, 4.69) is 70.0 Å². The second kappa shape index (κ2) is 9.36. The molecule has 2 heterocycles. The van der Waals surface area contributed by atoms with Crippen LogP contribution in [0.5, 0.6) is 0 Å². The molecule has 0 aliphatic rings. The van der Waals surface area contributed by atoms with E-state index in [1.54, 1.807) is 6.20 Å². The summed E-state index contributed by atoms with van der Waals surface area (Å²) in [6.45, 7) is 3.98. The number of hydrogen-bond donors (Lipinski definition) is 3. The molecule has 0 aliphatic carbocycles. The molecular formula is C27H31N3O. The summed E-state index contributed by atoms with van der Waals surface area (Å²) in [5.74, 6) is 0. The van der Waals surface area contributed by atoms with Crippen molar-refractivity contribution in [3.63, 3.8) is 0 Å². The zero-order valence-electron chi connectivity index (χ0n) is 18.4. The van der Waals surface area contributed by atoms with Crippen molar-refractivity contribution in [3.8, 4) is 0 Å². The minimum absolute atomic E-state index is 0.646. The summed E-state index contributed by atoms with van der Waals surface area (Å²) in [6.07, 6.45) is 8.43. The van der Waals surface area contributed by atoms with Crippen LogP contribution < -0.4 is 5.32 Å². The molecule has 4 nitrogen and oxygen atoms in total. The Morgan fingerprint density at radius 2 is 1.71 bits per heavy atom. The summed E-state index contributed by atoms with van der Waals surface area (Å²) in [4.78, 5) is 7.75. The highest BCUT2D eigenvalue weighted by Gasteiger charge is 2.26. The maximum atomic E-state index is 10.7. The van der Waals surface area contributed by atoms with Gasteiger partial charge in [-0.2, -0.15) is 0 Å². The first-order chi connectivity index (χ1) is 15.1. The predicted octanol–water partition coefficient (Wildman–Crippen LogP) is 6.49. The summed E-state index contributed by atoms with van der Waals surface area (Å²) in [5, 5.41) is 15.5. The maximum Gasteiger partial charge on any atom is 0.106 e. The van der Waals surface area contributed by atoms with Crippen molar-refractivity contribution in [2.45, 2.75) is 51.6 Å². The molecule has 0 saturated heterocycles. The number of nitrogens with zero attached hydrogens (tertiary/aromatic N) is 1. The van der Waals surface area contributed by atoms with E-state index in [1.165, 1.54) is 22.0 Å². The molecule has 0 amide bonds. The third-order valence-electron chi connectivity index (χ3n) is 6.24. The van der Waals surface area contributed by atoms with Crippen molar-refractivity contribution in [2.75, 3.05) is 5.32 Å². The van der Waals surface area contributed by atoms with Crippen LogP contribution in [0.1, 0.15) is 49.9 Å². The van der Waals surface area contributed by atoms with Gasteiger partial charge >= 0.3 is 0 Å². The van der Waals surface area contributed by atoms with E-state index in [0.29, 0.717) is 12.8 Å². The lowest BCUT2D eigenvalue weighted by molar-refractivity contribution is 0.0241. The van der Waals surface area contributed by atoms with E-state index in [0.717, 1.165) is 36.3 Å². The molecule has 4 heteroatoms. The molecular weight excluding hydrogens is 382 g/mol. The average Bonchev–Trinajstić information content (AvgIpc) is 3.23. The first-order valence-electron chi connectivity index (χ1n) is 11.2. The van der Waals surface area contributed by atoms with Gasteiger partial charge in [0.15, 0.2) is 0 Å². The highest BCUT2D eigenvalue weighted by Crippen LogP contribution is 2.29. The van der Waals surface area contributed by atoms with Crippen LogP contribution in [-0.4, -0.2) is 15.1 Å². The summed E-state index contributed by atoms with van der Waals surface area (Å²) in [5.41, 5.74) is 5.77. The van der Waals surface area contributed by atoms with Gasteiger partial charge in [-0.25, -0.2) is 0 Å². The molecule has 160 valence electrons. The number of aliphatic hydroxyl groups is 1. The Morgan fingerprint density at radius 1 is 0.935 bits per heavy atom. The quantitative estimate of drug-likeness (QED) is 0.294. The van der Waals surface area contributed by atoms with Crippen molar-refractivity contribution < 1.29 is 5.11 Å². The van der Waals surface area contributed by atoms with Gasteiger partial charge in [0.2, 0.25) is 0 Å². The van der Waals surface area contributed by atoms with E-state index in [4.69, 9.17) is 0 Å². The van der Waals surface area contributed by atoms with Crippen LogP contribution in [0.4, 0.5) is 11.4 Å². The Labute approximate surface area is 184 Å². The van der Waals surface area contributed by atoms with Gasteiger partial charge in [-0.1, -0.05) is 44.2 Å². The van der Waals surface area contributed by atoms with Gasteiger partial charge in [-0.15, -0.1) is 0 Å². The molecule has 0 unspecified atom stereocenters. The third kappa shape index (κ3) is 4.80. The molecule has 0 spiro atoms. The lowest BCUT2D eigenvalue weighted by Crippen LogP contribution is -2.24. The fourth-order valence-corrected chi connectivity index (χ4v) is 4.12. The minimum atomic E-state index is -0.869. The van der Waals surface area contributed by atoms with Crippen molar-refractivity contribution in [1.82, 2.24) is 9.97 Å². The van der Waals surface area contributed by atoms with Gasteiger partial charge in [0.05, 0.1) is 5.69 Å². The van der Waals surface area contributed by atoms with Gasteiger partial charge in [-0.3, -0.25) is 4.98 Å². The molecule has 2 aromatic heterocycles. The Morgan fingerprint density at radius 3 is 2.48 bits per heavy atom. The number of benzene rings is 2. The molecule has 0 fully saturated rings. The lowest BCUT2D eigenvalue weighted by atomic mass is 9.92. The fraction of sp³-hybridized carbons (Fsp3) is 0.296. The topological polar surface area (TPSA) is 60.9 Å². The molecule has 2 aromatic carbocycles. The summed E-state index contributed by atoms with van der Waals surface area (Å²) in [6, 6.07) is 21.0. The van der Waals surface area contributed by atoms with E-state index < -0.39 is 5.60 Å². The van der Waals surface area contributed by atoms with Gasteiger partial charge < -0.3 is 15.4 Å². The van der Waals surface area contributed by atoms with E-state index in [-0.39, 0.29) is 0 Å². The number of fused-ring (bicyclic) bond motifs is 1. The largest absolute Gasteiger partial charge is 0.384 e. The smallest absolute Gasteiger partial charge is 0.106 e. The Bertz CT molecular complexity index is 1130. The molecule has 0 radical (unpaired) electrons. The van der Waals surface area contributed by atoms with Crippen molar-refractivity contribution >= 4 is 22.3 Å². The zero-order chi connectivity index (χ0) is 21.7. The molecule has 0 aliphatic heterocycles. The van der Waals surface area contributed by atoms with Gasteiger partial charge in [0.1, 0.15) is 5.60 Å². The number of anilines is 2. The monoisotopic (exact) mass is 413 g/mol. The molecule has 4 aromatic rings. The molecule has 0 atom stereocenters. The molecule has 31 heavy (non-hydrogen) atoms. The molecule has 4 rings (SSSR count).